The fourth-order valence-electron chi connectivity index (χ4n) is 6.24. The average molecular weight is 541 g/mol. The monoisotopic (exact) mass is 540 g/mol. The van der Waals surface area contributed by atoms with Crippen LogP contribution in [0.2, 0.25) is 5.02 Å². The predicted molar refractivity (Wildman–Crippen MR) is 136 cm³/mol. The van der Waals surface area contributed by atoms with E-state index < -0.39 is 35.3 Å². The van der Waals surface area contributed by atoms with Crippen molar-refractivity contribution in [1.29, 1.82) is 0 Å². The number of fused-ring (bicyclic) bond motifs is 2. The number of nitrogens with zero attached hydrogens (tertiary/aromatic N) is 3. The van der Waals surface area contributed by atoms with Crippen molar-refractivity contribution in [1.82, 2.24) is 15.1 Å². The van der Waals surface area contributed by atoms with Crippen LogP contribution in [0.25, 0.3) is 0 Å². The SMILES string of the molecule is CC1=CC2(C)C3=C(NC(=O)CN3C(=O)N3C(c4ccccc4Cl)=NC(c4ccc(C(F)(F)F)cc4)C32)C1C. The van der Waals surface area contributed by atoms with Crippen LogP contribution in [-0.2, 0) is 11.0 Å². The van der Waals surface area contributed by atoms with E-state index >= 15 is 0 Å². The van der Waals surface area contributed by atoms with E-state index in [2.05, 4.69) is 11.4 Å². The van der Waals surface area contributed by atoms with Crippen molar-refractivity contribution >= 4 is 29.4 Å². The Bertz CT molecular complexity index is 1480. The molecule has 1 aliphatic carbocycles. The van der Waals surface area contributed by atoms with Crippen molar-refractivity contribution in [2.24, 2.45) is 16.3 Å². The summed E-state index contributed by atoms with van der Waals surface area (Å²) in [5, 5.41) is 3.37. The summed E-state index contributed by atoms with van der Waals surface area (Å²) in [6.07, 6.45) is -2.37. The van der Waals surface area contributed by atoms with Crippen LogP contribution in [0.5, 0.6) is 0 Å². The van der Waals surface area contributed by atoms with Gasteiger partial charge in [0.25, 0.3) is 0 Å². The van der Waals surface area contributed by atoms with E-state index in [0.717, 1.165) is 17.7 Å². The van der Waals surface area contributed by atoms with Crippen LogP contribution in [0, 0.1) is 11.3 Å². The minimum Gasteiger partial charge on any atom is -0.326 e. The van der Waals surface area contributed by atoms with Gasteiger partial charge in [-0.1, -0.05) is 54.4 Å². The van der Waals surface area contributed by atoms with Crippen molar-refractivity contribution in [3.63, 3.8) is 0 Å². The molecule has 0 bridgehead atoms. The van der Waals surface area contributed by atoms with Crippen LogP contribution in [0.15, 0.2) is 76.6 Å². The van der Waals surface area contributed by atoms with Crippen LogP contribution < -0.4 is 5.32 Å². The summed E-state index contributed by atoms with van der Waals surface area (Å²) in [4.78, 5) is 34.9. The Labute approximate surface area is 222 Å². The van der Waals surface area contributed by atoms with Gasteiger partial charge in [-0.15, -0.1) is 0 Å². The lowest BCUT2D eigenvalue weighted by Crippen LogP contribution is -2.66. The second-order valence-electron chi connectivity index (χ2n) is 10.4. The molecule has 0 radical (unpaired) electrons. The Morgan fingerprint density at radius 2 is 1.79 bits per heavy atom. The fourth-order valence-corrected chi connectivity index (χ4v) is 6.46. The van der Waals surface area contributed by atoms with E-state index in [1.807, 2.05) is 20.8 Å². The first-order valence-corrected chi connectivity index (χ1v) is 12.6. The van der Waals surface area contributed by atoms with Gasteiger partial charge in [0.2, 0.25) is 5.91 Å². The number of amides is 3. The lowest BCUT2D eigenvalue weighted by molar-refractivity contribution is -0.137. The van der Waals surface area contributed by atoms with Gasteiger partial charge in [0.1, 0.15) is 12.4 Å². The summed E-state index contributed by atoms with van der Waals surface area (Å²) in [5.41, 5.74) is 1.91. The second kappa shape index (κ2) is 8.20. The number of halogens is 4. The highest BCUT2D eigenvalue weighted by Gasteiger charge is 2.61. The van der Waals surface area contributed by atoms with Gasteiger partial charge in [-0.25, -0.2) is 4.79 Å². The first-order chi connectivity index (χ1) is 17.9. The second-order valence-corrected chi connectivity index (χ2v) is 10.8. The number of alkyl halides is 3. The van der Waals surface area contributed by atoms with Crippen LogP contribution in [-0.4, -0.2) is 40.2 Å². The minimum atomic E-state index is -4.47. The molecule has 3 aliphatic heterocycles. The Hall–Kier alpha value is -3.59. The zero-order chi connectivity index (χ0) is 27.1. The van der Waals surface area contributed by atoms with E-state index in [1.165, 1.54) is 17.0 Å². The van der Waals surface area contributed by atoms with E-state index in [4.69, 9.17) is 16.6 Å². The van der Waals surface area contributed by atoms with Gasteiger partial charge in [0.05, 0.1) is 33.8 Å². The van der Waals surface area contributed by atoms with Gasteiger partial charge in [-0.2, -0.15) is 13.2 Å². The fraction of sp³-hybridized carbons (Fsp3) is 0.321. The van der Waals surface area contributed by atoms with Crippen LogP contribution >= 0.6 is 11.6 Å². The zero-order valence-electron chi connectivity index (χ0n) is 20.8. The molecule has 4 atom stereocenters. The van der Waals surface area contributed by atoms with Crippen molar-refractivity contribution in [3.05, 3.63) is 93.3 Å². The Morgan fingerprint density at radius 3 is 2.45 bits per heavy atom. The van der Waals surface area contributed by atoms with Gasteiger partial charge in [-0.05, 0) is 43.7 Å². The normalized spacial score (nSPS) is 28.6. The maximum atomic E-state index is 14.2. The lowest BCUT2D eigenvalue weighted by atomic mass is 9.66. The highest BCUT2D eigenvalue weighted by atomic mass is 35.5. The summed E-state index contributed by atoms with van der Waals surface area (Å²) < 4.78 is 40.0. The quantitative estimate of drug-likeness (QED) is 0.481. The molecule has 196 valence electrons. The number of carbonyl (C=O) groups excluding carboxylic acids is 2. The number of benzene rings is 2. The van der Waals surface area contributed by atoms with Crippen LogP contribution in [0.1, 0.15) is 43.5 Å². The molecule has 1 fully saturated rings. The van der Waals surface area contributed by atoms with Crippen molar-refractivity contribution < 1.29 is 22.8 Å². The Balaban J connectivity index is 1.59. The number of hydrogen-bond donors (Lipinski definition) is 1. The van der Waals surface area contributed by atoms with E-state index in [9.17, 15) is 22.8 Å². The number of nitrogens with one attached hydrogen (secondary N) is 1. The van der Waals surface area contributed by atoms with Gasteiger partial charge in [0, 0.05) is 17.2 Å². The third kappa shape index (κ3) is 3.44. The zero-order valence-corrected chi connectivity index (χ0v) is 21.6. The highest BCUT2D eigenvalue weighted by Crippen LogP contribution is 2.56. The first-order valence-electron chi connectivity index (χ1n) is 12.3. The molecule has 1 saturated heterocycles. The topological polar surface area (TPSA) is 65.0 Å². The van der Waals surface area contributed by atoms with Crippen LogP contribution in [0.4, 0.5) is 18.0 Å². The summed E-state index contributed by atoms with van der Waals surface area (Å²) in [6.45, 7) is 5.80. The molecule has 3 heterocycles. The van der Waals surface area contributed by atoms with Crippen molar-refractivity contribution in [2.75, 3.05) is 6.54 Å². The maximum absolute atomic E-state index is 14.2. The third-order valence-electron chi connectivity index (χ3n) is 8.07. The van der Waals surface area contributed by atoms with Gasteiger partial charge >= 0.3 is 12.2 Å². The maximum Gasteiger partial charge on any atom is 0.416 e. The standard InChI is InChI=1S/C28H24ClF3N4O2/c1-14-12-27(3)23-21(15(14)2)33-20(37)13-35(23)26(38)36-24(27)22(16-8-10-17(11-9-16)28(30,31)32)34-25(36)18-6-4-5-7-19(18)29/h4-12,15,22,24H,13H2,1-3H3,(H,33,37). The molecule has 3 amide bonds. The summed E-state index contributed by atoms with van der Waals surface area (Å²) in [7, 11) is 0. The molecular weight excluding hydrogens is 517 g/mol. The Morgan fingerprint density at radius 1 is 1.11 bits per heavy atom. The number of rotatable bonds is 2. The number of allylic oxidation sites excluding steroid dienone is 1. The summed E-state index contributed by atoms with van der Waals surface area (Å²) in [6, 6.07) is 10.2. The first kappa shape index (κ1) is 24.7. The molecule has 1 N–H and O–H groups in total. The highest BCUT2D eigenvalue weighted by molar-refractivity contribution is 6.34. The van der Waals surface area contributed by atoms with E-state index in [-0.39, 0.29) is 18.4 Å². The minimum absolute atomic E-state index is 0.112. The molecule has 0 aromatic heterocycles. The predicted octanol–water partition coefficient (Wildman–Crippen LogP) is 5.91. The average Bonchev–Trinajstić information content (AvgIpc) is 3.27. The molecule has 2 aromatic carbocycles. The molecule has 2 aromatic rings. The molecule has 0 saturated carbocycles. The summed E-state index contributed by atoms with van der Waals surface area (Å²) >= 11 is 6.55. The van der Waals surface area contributed by atoms with Gasteiger partial charge in [0.15, 0.2) is 0 Å². The largest absolute Gasteiger partial charge is 0.416 e. The number of carbonyl (C=O) groups is 2. The number of urea groups is 1. The van der Waals surface area contributed by atoms with E-state index in [1.54, 1.807) is 29.2 Å². The summed E-state index contributed by atoms with van der Waals surface area (Å²) in [5.74, 6) is -0.0683. The molecule has 10 heteroatoms. The number of hydrogen-bond acceptors (Lipinski definition) is 3. The number of amidine groups is 1. The van der Waals surface area contributed by atoms with Gasteiger partial charge < -0.3 is 5.32 Å². The van der Waals surface area contributed by atoms with Gasteiger partial charge in [-0.3, -0.25) is 19.6 Å². The molecule has 4 aliphatic rings. The molecule has 6 nitrogen and oxygen atoms in total. The Kier molecular flexibility index (Phi) is 5.34. The van der Waals surface area contributed by atoms with Crippen LogP contribution in [0.3, 0.4) is 0 Å². The van der Waals surface area contributed by atoms with Crippen molar-refractivity contribution in [3.8, 4) is 0 Å². The lowest BCUT2D eigenvalue weighted by Gasteiger charge is -2.55. The molecule has 4 unspecified atom stereocenters. The van der Waals surface area contributed by atoms with E-state index in [0.29, 0.717) is 33.4 Å². The molecule has 0 spiro atoms. The van der Waals surface area contributed by atoms with Crippen molar-refractivity contribution in [2.45, 2.75) is 39.0 Å². The third-order valence-corrected chi connectivity index (χ3v) is 8.40. The smallest absolute Gasteiger partial charge is 0.326 e. The number of aliphatic imine (C=N–C) groups is 1. The molecular formula is C28H24ClF3N4O2. The molecule has 38 heavy (non-hydrogen) atoms. The molecule has 6 rings (SSSR count).